The van der Waals surface area contributed by atoms with E-state index in [1.165, 1.54) is 64.2 Å². The van der Waals surface area contributed by atoms with Gasteiger partial charge in [0.05, 0.1) is 26.1 Å². The molecule has 8 heteroatoms. The second-order valence-corrected chi connectivity index (χ2v) is 11.1. The third kappa shape index (κ3) is 32.4. The molecule has 0 radical (unpaired) electrons. The summed E-state index contributed by atoms with van der Waals surface area (Å²) in [5, 5.41) is 0. The normalized spacial score (nSPS) is 12.0. The average Bonchev–Trinajstić information content (AvgIpc) is 2.92. The second-order valence-electron chi connectivity index (χ2n) is 11.1. The number of unbranched alkanes of at least 4 members (excludes halogenated alkanes) is 13. The SMILES string of the molecule is CCCCCCCC(=O)O[C@H](C)CC(=O)OCC.CCCCCCCCOC(=O)C[C@@H](C)OC(=O)CCCCCCC. The predicted octanol–water partition coefficient (Wildman–Crippen LogP) is 8.80. The van der Waals surface area contributed by atoms with Crippen LogP contribution < -0.4 is 0 Å². The summed E-state index contributed by atoms with van der Waals surface area (Å²) in [5.74, 6) is -1.02. The largest absolute Gasteiger partial charge is 0.466 e. The Bertz CT molecular complexity index is 664. The van der Waals surface area contributed by atoms with Gasteiger partial charge >= 0.3 is 23.9 Å². The number of carbonyl (C=O) groups excluding carboxylic acids is 4. The highest BCUT2D eigenvalue weighted by atomic mass is 16.6. The van der Waals surface area contributed by atoms with Crippen molar-refractivity contribution in [1.82, 2.24) is 0 Å². The van der Waals surface area contributed by atoms with Crippen molar-refractivity contribution in [2.75, 3.05) is 13.2 Å². The molecule has 0 fully saturated rings. The Morgan fingerprint density at radius 1 is 0.452 bits per heavy atom. The van der Waals surface area contributed by atoms with Gasteiger partial charge in [-0.2, -0.15) is 0 Å². The second kappa shape index (κ2) is 31.8. The summed E-state index contributed by atoms with van der Waals surface area (Å²) in [6.07, 6.45) is 18.4. The molecule has 0 aromatic carbocycles. The molecule has 0 saturated carbocycles. The van der Waals surface area contributed by atoms with E-state index < -0.39 is 12.2 Å². The fourth-order valence-electron chi connectivity index (χ4n) is 4.21. The molecule has 0 amide bonds. The molecule has 248 valence electrons. The first-order valence-corrected chi connectivity index (χ1v) is 16.9. The molecule has 2 atom stereocenters. The number of ether oxygens (including phenoxy) is 4. The van der Waals surface area contributed by atoms with Gasteiger partial charge in [0.2, 0.25) is 0 Å². The van der Waals surface area contributed by atoms with E-state index >= 15 is 0 Å². The highest BCUT2D eigenvalue weighted by Crippen LogP contribution is 2.10. The van der Waals surface area contributed by atoms with E-state index in [0.29, 0.717) is 26.1 Å². The van der Waals surface area contributed by atoms with Crippen LogP contribution in [0.15, 0.2) is 0 Å². The molecular formula is C34H64O8. The first-order chi connectivity index (χ1) is 20.2. The molecule has 0 saturated heterocycles. The van der Waals surface area contributed by atoms with Crippen LogP contribution in [0.3, 0.4) is 0 Å². The van der Waals surface area contributed by atoms with E-state index in [1.807, 2.05) is 0 Å². The molecule has 0 aliphatic rings. The molecule has 0 heterocycles. The molecule has 0 spiro atoms. The Hall–Kier alpha value is -2.12. The van der Waals surface area contributed by atoms with Gasteiger partial charge in [0, 0.05) is 12.8 Å². The number of hydrogen-bond donors (Lipinski definition) is 0. The van der Waals surface area contributed by atoms with Crippen molar-refractivity contribution in [2.45, 2.75) is 182 Å². The number of carbonyl (C=O) groups is 4. The fraction of sp³-hybridized carbons (Fsp3) is 0.882. The number of hydrogen-bond acceptors (Lipinski definition) is 8. The van der Waals surface area contributed by atoms with Crippen molar-refractivity contribution in [3.8, 4) is 0 Å². The molecule has 0 aromatic heterocycles. The van der Waals surface area contributed by atoms with Crippen LogP contribution >= 0.6 is 0 Å². The van der Waals surface area contributed by atoms with E-state index in [9.17, 15) is 19.2 Å². The van der Waals surface area contributed by atoms with Crippen molar-refractivity contribution >= 4 is 23.9 Å². The van der Waals surface area contributed by atoms with Crippen LogP contribution in [0.2, 0.25) is 0 Å². The lowest BCUT2D eigenvalue weighted by atomic mass is 10.1. The molecule has 0 rings (SSSR count). The Labute approximate surface area is 257 Å². The van der Waals surface area contributed by atoms with Crippen molar-refractivity contribution in [3.05, 3.63) is 0 Å². The van der Waals surface area contributed by atoms with Crippen molar-refractivity contribution in [3.63, 3.8) is 0 Å². The van der Waals surface area contributed by atoms with Gasteiger partial charge in [0.25, 0.3) is 0 Å². The summed E-state index contributed by atoms with van der Waals surface area (Å²) in [5.41, 5.74) is 0. The van der Waals surface area contributed by atoms with E-state index in [4.69, 9.17) is 18.9 Å². The molecule has 8 nitrogen and oxygen atoms in total. The Morgan fingerprint density at radius 3 is 1.21 bits per heavy atom. The maximum Gasteiger partial charge on any atom is 0.309 e. The van der Waals surface area contributed by atoms with Crippen molar-refractivity contribution < 1.29 is 38.1 Å². The van der Waals surface area contributed by atoms with Gasteiger partial charge in [-0.3, -0.25) is 19.2 Å². The van der Waals surface area contributed by atoms with E-state index in [-0.39, 0.29) is 36.7 Å². The van der Waals surface area contributed by atoms with Crippen LogP contribution in [-0.2, 0) is 38.1 Å². The lowest BCUT2D eigenvalue weighted by Gasteiger charge is -2.13. The summed E-state index contributed by atoms with van der Waals surface area (Å²) in [6.45, 7) is 12.6. The standard InChI is InChI=1S/C20H38O4.C14H26O4/c1-4-6-8-10-12-14-16-23-20(22)17-18(3)24-19(21)15-13-11-9-7-5-2;1-4-6-7-8-9-10-13(15)18-12(3)11-14(16)17-5-2/h18H,4-17H2,1-3H3;12H,4-11H2,1-3H3/t18-;12-/m11/s1. The summed E-state index contributed by atoms with van der Waals surface area (Å²) >= 11 is 0. The minimum Gasteiger partial charge on any atom is -0.466 e. The van der Waals surface area contributed by atoms with Gasteiger partial charge < -0.3 is 18.9 Å². The maximum atomic E-state index is 11.7. The molecule has 0 aliphatic carbocycles. The Kier molecular flexibility index (Phi) is 31.8. The maximum absolute atomic E-state index is 11.7. The highest BCUT2D eigenvalue weighted by Gasteiger charge is 2.15. The fourth-order valence-corrected chi connectivity index (χ4v) is 4.21. The van der Waals surface area contributed by atoms with Gasteiger partial charge in [-0.15, -0.1) is 0 Å². The van der Waals surface area contributed by atoms with Gasteiger partial charge in [-0.1, -0.05) is 104 Å². The topological polar surface area (TPSA) is 105 Å². The zero-order valence-corrected chi connectivity index (χ0v) is 28.0. The molecule has 0 bridgehead atoms. The third-order valence-corrected chi connectivity index (χ3v) is 6.61. The first kappa shape index (κ1) is 42.0. The van der Waals surface area contributed by atoms with Crippen LogP contribution in [0.5, 0.6) is 0 Å². The van der Waals surface area contributed by atoms with Crippen LogP contribution in [0, 0.1) is 0 Å². The zero-order valence-electron chi connectivity index (χ0n) is 28.0. The number of rotatable bonds is 26. The molecule has 42 heavy (non-hydrogen) atoms. The monoisotopic (exact) mass is 600 g/mol. The molecular weight excluding hydrogens is 536 g/mol. The van der Waals surface area contributed by atoms with E-state index in [1.54, 1.807) is 20.8 Å². The zero-order chi connectivity index (χ0) is 31.8. The van der Waals surface area contributed by atoms with Gasteiger partial charge in [0.15, 0.2) is 0 Å². The number of esters is 4. The van der Waals surface area contributed by atoms with Crippen LogP contribution in [-0.4, -0.2) is 49.3 Å². The van der Waals surface area contributed by atoms with Crippen molar-refractivity contribution in [2.24, 2.45) is 0 Å². The minimum absolute atomic E-state index is 0.134. The summed E-state index contributed by atoms with van der Waals surface area (Å²) in [4.78, 5) is 46.0. The average molecular weight is 601 g/mol. The summed E-state index contributed by atoms with van der Waals surface area (Å²) in [7, 11) is 0. The predicted molar refractivity (Wildman–Crippen MR) is 168 cm³/mol. The van der Waals surface area contributed by atoms with Crippen LogP contribution in [0.4, 0.5) is 0 Å². The van der Waals surface area contributed by atoms with Gasteiger partial charge in [-0.05, 0) is 40.0 Å². The minimum atomic E-state index is -0.398. The highest BCUT2D eigenvalue weighted by molar-refractivity contribution is 5.73. The Balaban J connectivity index is 0. The smallest absolute Gasteiger partial charge is 0.309 e. The quantitative estimate of drug-likeness (QED) is 0.0551. The summed E-state index contributed by atoms with van der Waals surface area (Å²) < 4.78 is 20.4. The molecule has 0 unspecified atom stereocenters. The summed E-state index contributed by atoms with van der Waals surface area (Å²) in [6, 6.07) is 0. The van der Waals surface area contributed by atoms with Crippen LogP contribution in [0.25, 0.3) is 0 Å². The first-order valence-electron chi connectivity index (χ1n) is 16.9. The lowest BCUT2D eigenvalue weighted by molar-refractivity contribution is -0.156. The molecule has 0 aromatic rings. The Morgan fingerprint density at radius 2 is 0.810 bits per heavy atom. The van der Waals surface area contributed by atoms with Crippen LogP contribution in [0.1, 0.15) is 170 Å². The molecule has 0 aliphatic heterocycles. The van der Waals surface area contributed by atoms with E-state index in [0.717, 1.165) is 38.5 Å². The van der Waals surface area contributed by atoms with Crippen molar-refractivity contribution in [1.29, 1.82) is 0 Å². The van der Waals surface area contributed by atoms with Gasteiger partial charge in [0.1, 0.15) is 12.2 Å². The molecule has 0 N–H and O–H groups in total. The lowest BCUT2D eigenvalue weighted by Crippen LogP contribution is -2.20. The third-order valence-electron chi connectivity index (χ3n) is 6.61. The van der Waals surface area contributed by atoms with Gasteiger partial charge in [-0.25, -0.2) is 0 Å². The van der Waals surface area contributed by atoms with E-state index in [2.05, 4.69) is 20.8 Å².